The van der Waals surface area contributed by atoms with Crippen LogP contribution in [-0.2, 0) is 4.79 Å². The first-order valence-electron chi connectivity index (χ1n) is 6.74. The second kappa shape index (κ2) is 6.93. The molecule has 1 fully saturated rings. The van der Waals surface area contributed by atoms with Crippen LogP contribution >= 0.6 is 55.0 Å². The van der Waals surface area contributed by atoms with E-state index in [1.165, 1.54) is 11.8 Å². The van der Waals surface area contributed by atoms with Crippen molar-refractivity contribution in [3.05, 3.63) is 53.4 Å². The van der Waals surface area contributed by atoms with Crippen LogP contribution in [0.1, 0.15) is 16.0 Å². The number of carbonyl (C=O) groups is 1. The lowest BCUT2D eigenvalue weighted by Crippen LogP contribution is -2.19. The van der Waals surface area contributed by atoms with Crippen LogP contribution in [0.25, 0.3) is 6.08 Å². The number of thiophene rings is 1. The number of aryl methyl sites for hydroxylation is 2. The van der Waals surface area contributed by atoms with Crippen LogP contribution in [0.15, 0.2) is 42.4 Å². The number of amides is 1. The van der Waals surface area contributed by atoms with Gasteiger partial charge in [0.2, 0.25) is 0 Å². The van der Waals surface area contributed by atoms with Gasteiger partial charge in [0.05, 0.1) is 14.4 Å². The molecule has 1 aromatic heterocycles. The molecule has 3 nitrogen and oxygen atoms in total. The topological polar surface area (TPSA) is 41.5 Å². The second-order valence-corrected chi connectivity index (χ2v) is 9.34. The Balaban J connectivity index is 1.86. The van der Waals surface area contributed by atoms with Crippen LogP contribution in [0.5, 0.6) is 0 Å². The number of hydrogen-bond donors (Lipinski definition) is 1. The van der Waals surface area contributed by atoms with Crippen LogP contribution in [-0.4, -0.2) is 11.1 Å². The molecule has 7 heteroatoms. The van der Waals surface area contributed by atoms with Crippen LogP contribution in [0.3, 0.4) is 0 Å². The van der Waals surface area contributed by atoms with Crippen molar-refractivity contribution in [1.82, 2.24) is 5.32 Å². The molecular formula is C16H12Br2N2OS2. The van der Waals surface area contributed by atoms with Gasteiger partial charge in [-0.1, -0.05) is 15.9 Å². The predicted octanol–water partition coefficient (Wildman–Crippen LogP) is 5.78. The zero-order chi connectivity index (χ0) is 16.6. The number of aliphatic imine (C=N–C) groups is 1. The third-order valence-corrected chi connectivity index (χ3v) is 6.90. The SMILES string of the molecule is Cc1cc(N=C2NC(=O)/C(=C/c3ccc(Br)s3)S2)cc(C)c1Br. The van der Waals surface area contributed by atoms with E-state index in [4.69, 9.17) is 0 Å². The number of hydrogen-bond acceptors (Lipinski definition) is 4. The summed E-state index contributed by atoms with van der Waals surface area (Å²) in [5, 5.41) is 3.43. The molecule has 0 atom stereocenters. The van der Waals surface area contributed by atoms with Gasteiger partial charge in [-0.15, -0.1) is 11.3 Å². The van der Waals surface area contributed by atoms with Gasteiger partial charge in [0.15, 0.2) is 5.17 Å². The van der Waals surface area contributed by atoms with Gasteiger partial charge in [-0.25, -0.2) is 4.99 Å². The number of amidine groups is 1. The summed E-state index contributed by atoms with van der Waals surface area (Å²) in [7, 11) is 0. The molecule has 0 aliphatic carbocycles. The molecule has 2 heterocycles. The van der Waals surface area contributed by atoms with Crippen molar-refractivity contribution in [2.75, 3.05) is 0 Å². The van der Waals surface area contributed by atoms with E-state index in [0.29, 0.717) is 10.1 Å². The molecule has 1 aliphatic heterocycles. The summed E-state index contributed by atoms with van der Waals surface area (Å²) >= 11 is 9.93. The molecule has 0 saturated carbocycles. The lowest BCUT2D eigenvalue weighted by Gasteiger charge is -2.04. The first-order valence-corrected chi connectivity index (χ1v) is 9.96. The Hall–Kier alpha value is -0.890. The highest BCUT2D eigenvalue weighted by Gasteiger charge is 2.24. The van der Waals surface area contributed by atoms with Gasteiger partial charge in [0.25, 0.3) is 5.91 Å². The van der Waals surface area contributed by atoms with E-state index in [1.54, 1.807) is 11.3 Å². The number of thioether (sulfide) groups is 1. The first-order chi connectivity index (χ1) is 10.9. The summed E-state index contributed by atoms with van der Waals surface area (Å²) in [6.07, 6.45) is 1.88. The molecule has 23 heavy (non-hydrogen) atoms. The molecule has 1 aromatic carbocycles. The van der Waals surface area contributed by atoms with Crippen molar-refractivity contribution in [2.24, 2.45) is 4.99 Å². The van der Waals surface area contributed by atoms with E-state index in [9.17, 15) is 4.79 Å². The van der Waals surface area contributed by atoms with Gasteiger partial charge in [-0.3, -0.25) is 4.79 Å². The molecule has 3 rings (SSSR count). The maximum Gasteiger partial charge on any atom is 0.264 e. The smallest absolute Gasteiger partial charge is 0.264 e. The molecule has 1 aliphatic rings. The number of nitrogens with one attached hydrogen (secondary N) is 1. The van der Waals surface area contributed by atoms with E-state index in [1.807, 2.05) is 44.2 Å². The Bertz CT molecular complexity index is 833. The number of rotatable bonds is 2. The highest BCUT2D eigenvalue weighted by molar-refractivity contribution is 9.11. The van der Waals surface area contributed by atoms with Gasteiger partial charge in [0.1, 0.15) is 0 Å². The van der Waals surface area contributed by atoms with Crippen molar-refractivity contribution in [3.8, 4) is 0 Å². The lowest BCUT2D eigenvalue weighted by molar-refractivity contribution is -0.115. The maximum atomic E-state index is 12.1. The summed E-state index contributed by atoms with van der Waals surface area (Å²) in [6, 6.07) is 7.94. The molecule has 0 unspecified atom stereocenters. The molecule has 118 valence electrons. The van der Waals surface area contributed by atoms with E-state index >= 15 is 0 Å². The third-order valence-electron chi connectivity index (χ3n) is 3.17. The fourth-order valence-electron chi connectivity index (χ4n) is 2.12. The lowest BCUT2D eigenvalue weighted by atomic mass is 10.1. The minimum Gasteiger partial charge on any atom is -0.300 e. The molecule has 0 bridgehead atoms. The zero-order valence-corrected chi connectivity index (χ0v) is 17.1. The van der Waals surface area contributed by atoms with Crippen molar-refractivity contribution in [1.29, 1.82) is 0 Å². The number of carbonyl (C=O) groups excluding carboxylic acids is 1. The van der Waals surface area contributed by atoms with Crippen LogP contribution < -0.4 is 5.32 Å². The first kappa shape index (κ1) is 17.0. The van der Waals surface area contributed by atoms with E-state index in [2.05, 4.69) is 42.2 Å². The Kier molecular flexibility index (Phi) is 5.10. The quantitative estimate of drug-likeness (QED) is 0.563. The predicted molar refractivity (Wildman–Crippen MR) is 106 cm³/mol. The van der Waals surface area contributed by atoms with Gasteiger partial charge in [-0.05, 0) is 83.0 Å². The molecule has 1 saturated heterocycles. The fourth-order valence-corrected chi connectivity index (χ4v) is 4.62. The van der Waals surface area contributed by atoms with Crippen molar-refractivity contribution < 1.29 is 4.79 Å². The number of benzene rings is 1. The summed E-state index contributed by atoms with van der Waals surface area (Å²) in [4.78, 5) is 18.3. The van der Waals surface area contributed by atoms with E-state index in [0.717, 1.165) is 30.0 Å². The van der Waals surface area contributed by atoms with Gasteiger partial charge < -0.3 is 5.32 Å². The molecule has 2 aromatic rings. The molecule has 1 N–H and O–H groups in total. The van der Waals surface area contributed by atoms with Crippen molar-refractivity contribution in [3.63, 3.8) is 0 Å². The minimum absolute atomic E-state index is 0.108. The average Bonchev–Trinajstić information content (AvgIpc) is 3.03. The van der Waals surface area contributed by atoms with Gasteiger partial charge in [-0.2, -0.15) is 0 Å². The Labute approximate surface area is 159 Å². The third kappa shape index (κ3) is 3.96. The normalized spacial score (nSPS) is 18.0. The minimum atomic E-state index is -0.108. The molecule has 0 radical (unpaired) electrons. The summed E-state index contributed by atoms with van der Waals surface area (Å²) < 4.78 is 2.14. The standard InChI is InChI=1S/C16H12Br2N2OS2/c1-8-5-10(6-9(2)14(8)18)19-16-20-15(21)12(23-16)7-11-3-4-13(17)22-11/h3-7H,1-2H3,(H,19,20,21)/b12-7-. The largest absolute Gasteiger partial charge is 0.300 e. The Morgan fingerprint density at radius 3 is 2.48 bits per heavy atom. The van der Waals surface area contributed by atoms with Crippen LogP contribution in [0, 0.1) is 13.8 Å². The van der Waals surface area contributed by atoms with Crippen LogP contribution in [0.2, 0.25) is 0 Å². The van der Waals surface area contributed by atoms with E-state index < -0.39 is 0 Å². The molecular weight excluding hydrogens is 460 g/mol. The maximum absolute atomic E-state index is 12.1. The van der Waals surface area contributed by atoms with Gasteiger partial charge >= 0.3 is 0 Å². The summed E-state index contributed by atoms with van der Waals surface area (Å²) in [5.41, 5.74) is 3.09. The zero-order valence-electron chi connectivity index (χ0n) is 12.3. The summed E-state index contributed by atoms with van der Waals surface area (Å²) in [6.45, 7) is 4.06. The molecule has 0 spiro atoms. The highest BCUT2D eigenvalue weighted by Crippen LogP contribution is 2.32. The molecule has 1 amide bonds. The highest BCUT2D eigenvalue weighted by atomic mass is 79.9. The van der Waals surface area contributed by atoms with Crippen molar-refractivity contribution >= 4 is 77.8 Å². The monoisotopic (exact) mass is 470 g/mol. The Morgan fingerprint density at radius 1 is 1.17 bits per heavy atom. The number of nitrogens with zero attached hydrogens (tertiary/aromatic N) is 1. The van der Waals surface area contributed by atoms with Crippen LogP contribution in [0.4, 0.5) is 5.69 Å². The fraction of sp³-hybridized carbons (Fsp3) is 0.125. The second-order valence-electron chi connectivity index (χ2n) is 5.02. The number of halogens is 2. The Morgan fingerprint density at radius 2 is 1.87 bits per heavy atom. The van der Waals surface area contributed by atoms with Crippen molar-refractivity contribution in [2.45, 2.75) is 13.8 Å². The average molecular weight is 472 g/mol. The van der Waals surface area contributed by atoms with Gasteiger partial charge in [0, 0.05) is 9.35 Å². The van der Waals surface area contributed by atoms with E-state index in [-0.39, 0.29) is 5.91 Å². The summed E-state index contributed by atoms with van der Waals surface area (Å²) in [5.74, 6) is -0.108.